The maximum Gasteiger partial charge on any atom is 0.225 e. The Kier molecular flexibility index (Phi) is 3.76. The number of nitrogens with one attached hydrogen (secondary N) is 1. The molecule has 124 valence electrons. The van der Waals surface area contributed by atoms with Crippen LogP contribution in [-0.2, 0) is 0 Å². The summed E-state index contributed by atoms with van der Waals surface area (Å²) in [5.41, 5.74) is 2.26. The number of rotatable bonds is 4. The van der Waals surface area contributed by atoms with Crippen molar-refractivity contribution in [1.82, 2.24) is 25.0 Å². The van der Waals surface area contributed by atoms with Crippen molar-refractivity contribution in [3.63, 3.8) is 0 Å². The molecule has 1 saturated carbocycles. The van der Waals surface area contributed by atoms with Crippen LogP contribution in [0.4, 0.5) is 5.95 Å². The summed E-state index contributed by atoms with van der Waals surface area (Å²) in [6.45, 7) is 2.29. The number of hydrogen-bond acceptors (Lipinski definition) is 6. The molecule has 2 atom stereocenters. The van der Waals surface area contributed by atoms with Crippen molar-refractivity contribution in [2.75, 3.05) is 12.4 Å². The van der Waals surface area contributed by atoms with E-state index in [1.54, 1.807) is 18.0 Å². The van der Waals surface area contributed by atoms with E-state index in [9.17, 15) is 0 Å². The monoisotopic (exact) mass is 324 g/mol. The maximum absolute atomic E-state index is 5.20. The molecule has 3 aromatic rings. The molecule has 0 unspecified atom stereocenters. The van der Waals surface area contributed by atoms with Gasteiger partial charge >= 0.3 is 0 Å². The zero-order chi connectivity index (χ0) is 16.5. The lowest BCUT2D eigenvalue weighted by Crippen LogP contribution is -2.17. The van der Waals surface area contributed by atoms with Crippen LogP contribution in [0.2, 0.25) is 0 Å². The molecule has 1 N–H and O–H groups in total. The first-order valence-corrected chi connectivity index (χ1v) is 8.22. The third kappa shape index (κ3) is 2.77. The van der Waals surface area contributed by atoms with Crippen molar-refractivity contribution in [3.05, 3.63) is 30.5 Å². The fraction of sp³-hybridized carbons (Fsp3) is 0.412. The van der Waals surface area contributed by atoms with Crippen LogP contribution in [0.1, 0.15) is 26.2 Å². The zero-order valence-electron chi connectivity index (χ0n) is 13.8. The molecule has 1 aliphatic rings. The van der Waals surface area contributed by atoms with Gasteiger partial charge in [0.05, 0.1) is 19.0 Å². The first-order chi connectivity index (χ1) is 11.7. The van der Waals surface area contributed by atoms with Crippen LogP contribution in [0.15, 0.2) is 30.5 Å². The van der Waals surface area contributed by atoms with E-state index in [0.29, 0.717) is 23.2 Å². The summed E-state index contributed by atoms with van der Waals surface area (Å²) in [6.07, 6.45) is 5.30. The first kappa shape index (κ1) is 14.9. The van der Waals surface area contributed by atoms with Crippen LogP contribution in [0.3, 0.4) is 0 Å². The zero-order valence-corrected chi connectivity index (χ0v) is 13.8. The standard InChI is InChI=1S/C17H20N6O/c1-11-3-4-12(9-11)19-17-18-10-15-16(20-17)23(22-21-15)13-5-7-14(24-2)8-6-13/h5-8,10-12H,3-4,9H2,1-2H3,(H,18,19,20)/t11-,12-/m0/s1. The lowest BCUT2D eigenvalue weighted by atomic mass is 10.1. The van der Waals surface area contributed by atoms with Gasteiger partial charge in [-0.25, -0.2) is 4.98 Å². The average Bonchev–Trinajstić information content (AvgIpc) is 3.21. The molecule has 2 aromatic heterocycles. The fourth-order valence-corrected chi connectivity index (χ4v) is 3.22. The van der Waals surface area contributed by atoms with Crippen molar-refractivity contribution in [3.8, 4) is 11.4 Å². The Bertz CT molecular complexity index is 844. The Hall–Kier alpha value is -2.70. The second-order valence-corrected chi connectivity index (χ2v) is 6.36. The molecule has 24 heavy (non-hydrogen) atoms. The van der Waals surface area contributed by atoms with Gasteiger partial charge in [-0.05, 0) is 49.4 Å². The second-order valence-electron chi connectivity index (χ2n) is 6.36. The van der Waals surface area contributed by atoms with E-state index in [-0.39, 0.29) is 0 Å². The summed E-state index contributed by atoms with van der Waals surface area (Å²) in [7, 11) is 1.65. The fourth-order valence-electron chi connectivity index (χ4n) is 3.22. The van der Waals surface area contributed by atoms with E-state index < -0.39 is 0 Å². The van der Waals surface area contributed by atoms with Crippen molar-refractivity contribution >= 4 is 17.1 Å². The Morgan fingerprint density at radius 2 is 2.04 bits per heavy atom. The molecule has 2 heterocycles. The molecule has 0 bridgehead atoms. The van der Waals surface area contributed by atoms with Crippen LogP contribution >= 0.6 is 0 Å². The predicted molar refractivity (Wildman–Crippen MR) is 91.4 cm³/mol. The van der Waals surface area contributed by atoms with Gasteiger partial charge in [-0.3, -0.25) is 0 Å². The molecule has 1 aromatic carbocycles. The summed E-state index contributed by atoms with van der Waals surface area (Å²) in [5.74, 6) is 2.20. The Morgan fingerprint density at radius 1 is 1.21 bits per heavy atom. The topological polar surface area (TPSA) is 77.8 Å². The van der Waals surface area contributed by atoms with E-state index in [2.05, 4.69) is 32.5 Å². The molecule has 0 spiro atoms. The van der Waals surface area contributed by atoms with Crippen LogP contribution in [0.5, 0.6) is 5.75 Å². The summed E-state index contributed by atoms with van der Waals surface area (Å²) < 4.78 is 6.92. The minimum atomic E-state index is 0.447. The van der Waals surface area contributed by atoms with E-state index >= 15 is 0 Å². The maximum atomic E-state index is 5.20. The van der Waals surface area contributed by atoms with Gasteiger partial charge in [-0.1, -0.05) is 12.1 Å². The molecule has 1 aliphatic carbocycles. The second kappa shape index (κ2) is 6.07. The summed E-state index contributed by atoms with van der Waals surface area (Å²) >= 11 is 0. The van der Waals surface area contributed by atoms with Gasteiger partial charge in [0.2, 0.25) is 5.95 Å². The normalized spacial score (nSPS) is 20.4. The number of nitrogens with zero attached hydrogens (tertiary/aromatic N) is 5. The lowest BCUT2D eigenvalue weighted by Gasteiger charge is -2.12. The molecule has 7 heteroatoms. The van der Waals surface area contributed by atoms with Crippen molar-refractivity contribution in [2.24, 2.45) is 5.92 Å². The number of methoxy groups -OCH3 is 1. The molecule has 0 amide bonds. The van der Waals surface area contributed by atoms with Crippen molar-refractivity contribution in [1.29, 1.82) is 0 Å². The molecule has 1 fully saturated rings. The molecular formula is C17H20N6O. The number of hydrogen-bond donors (Lipinski definition) is 1. The van der Waals surface area contributed by atoms with E-state index in [0.717, 1.165) is 23.8 Å². The number of benzene rings is 1. The molecule has 0 saturated heterocycles. The van der Waals surface area contributed by atoms with E-state index in [1.807, 2.05) is 24.3 Å². The SMILES string of the molecule is COc1ccc(-n2nnc3cnc(N[C@H]4CC[C@H](C)C4)nc32)cc1. The van der Waals surface area contributed by atoms with Gasteiger partial charge < -0.3 is 10.1 Å². The minimum Gasteiger partial charge on any atom is -0.497 e. The first-order valence-electron chi connectivity index (χ1n) is 8.22. The third-order valence-electron chi connectivity index (χ3n) is 4.54. The molecule has 0 aliphatic heterocycles. The predicted octanol–water partition coefficient (Wildman–Crippen LogP) is 2.82. The van der Waals surface area contributed by atoms with Gasteiger partial charge in [0, 0.05) is 6.04 Å². The number of ether oxygens (including phenoxy) is 1. The number of fused-ring (bicyclic) bond motifs is 1. The van der Waals surface area contributed by atoms with Gasteiger partial charge in [-0.15, -0.1) is 5.10 Å². The highest BCUT2D eigenvalue weighted by molar-refractivity contribution is 5.72. The molecule has 4 rings (SSSR count). The van der Waals surface area contributed by atoms with Crippen LogP contribution in [-0.4, -0.2) is 38.1 Å². The van der Waals surface area contributed by atoms with Gasteiger partial charge in [0.25, 0.3) is 0 Å². The lowest BCUT2D eigenvalue weighted by molar-refractivity contribution is 0.414. The van der Waals surface area contributed by atoms with Crippen molar-refractivity contribution < 1.29 is 4.74 Å². The van der Waals surface area contributed by atoms with Gasteiger partial charge in [0.1, 0.15) is 5.75 Å². The average molecular weight is 324 g/mol. The summed E-state index contributed by atoms with van der Waals surface area (Å²) in [5, 5.41) is 11.8. The third-order valence-corrected chi connectivity index (χ3v) is 4.54. The van der Waals surface area contributed by atoms with E-state index in [4.69, 9.17) is 4.74 Å². The van der Waals surface area contributed by atoms with E-state index in [1.165, 1.54) is 12.8 Å². The Balaban J connectivity index is 1.65. The molecular weight excluding hydrogens is 304 g/mol. The summed E-state index contributed by atoms with van der Waals surface area (Å²) in [4.78, 5) is 9.00. The molecule has 7 nitrogen and oxygen atoms in total. The smallest absolute Gasteiger partial charge is 0.225 e. The largest absolute Gasteiger partial charge is 0.497 e. The Labute approximate surface area is 140 Å². The summed E-state index contributed by atoms with van der Waals surface area (Å²) in [6, 6.07) is 8.09. The quantitative estimate of drug-likeness (QED) is 0.795. The highest BCUT2D eigenvalue weighted by atomic mass is 16.5. The minimum absolute atomic E-state index is 0.447. The van der Waals surface area contributed by atoms with Gasteiger partial charge in [0.15, 0.2) is 11.2 Å². The van der Waals surface area contributed by atoms with Crippen LogP contribution in [0.25, 0.3) is 16.9 Å². The highest BCUT2D eigenvalue weighted by Crippen LogP contribution is 2.27. The van der Waals surface area contributed by atoms with Crippen LogP contribution in [0, 0.1) is 5.92 Å². The highest BCUT2D eigenvalue weighted by Gasteiger charge is 2.22. The Morgan fingerprint density at radius 3 is 2.75 bits per heavy atom. The number of anilines is 1. The molecule has 0 radical (unpaired) electrons. The van der Waals surface area contributed by atoms with Gasteiger partial charge in [-0.2, -0.15) is 9.67 Å². The number of aromatic nitrogens is 5. The van der Waals surface area contributed by atoms with Crippen molar-refractivity contribution in [2.45, 2.75) is 32.2 Å². The van der Waals surface area contributed by atoms with Crippen LogP contribution < -0.4 is 10.1 Å².